The first kappa shape index (κ1) is 9.92. The van der Waals surface area contributed by atoms with Crippen LogP contribution < -0.4 is 5.32 Å². The lowest BCUT2D eigenvalue weighted by Gasteiger charge is -2.10. The Hall–Kier alpha value is -0.0800. The SMILES string of the molecule is CCC(C)CNCC(C)O. The molecule has 2 unspecified atom stereocenters. The minimum Gasteiger partial charge on any atom is -0.392 e. The molecule has 0 aromatic heterocycles. The highest BCUT2D eigenvalue weighted by molar-refractivity contribution is 4.56. The molecule has 2 atom stereocenters. The molecular formula is C8H19NO. The second kappa shape index (κ2) is 5.69. The van der Waals surface area contributed by atoms with Crippen molar-refractivity contribution in [3.05, 3.63) is 0 Å². The molecule has 2 N–H and O–H groups in total. The molecule has 0 aromatic rings. The second-order valence-corrected chi connectivity index (χ2v) is 3.02. The molecule has 0 aliphatic carbocycles. The van der Waals surface area contributed by atoms with E-state index in [1.807, 2.05) is 0 Å². The van der Waals surface area contributed by atoms with Gasteiger partial charge in [-0.2, -0.15) is 0 Å². The number of hydrogen-bond donors (Lipinski definition) is 2. The normalized spacial score (nSPS) is 16.8. The molecule has 2 heteroatoms. The van der Waals surface area contributed by atoms with Gasteiger partial charge in [-0.3, -0.25) is 0 Å². The van der Waals surface area contributed by atoms with Crippen LogP contribution in [0.25, 0.3) is 0 Å². The third-order valence-electron chi connectivity index (χ3n) is 1.63. The van der Waals surface area contributed by atoms with Crippen molar-refractivity contribution in [2.75, 3.05) is 13.1 Å². The van der Waals surface area contributed by atoms with Crippen LogP contribution in [0.4, 0.5) is 0 Å². The van der Waals surface area contributed by atoms with Gasteiger partial charge in [0.2, 0.25) is 0 Å². The number of hydrogen-bond acceptors (Lipinski definition) is 2. The maximum Gasteiger partial charge on any atom is 0.0636 e. The van der Waals surface area contributed by atoms with Crippen molar-refractivity contribution in [3.63, 3.8) is 0 Å². The first-order chi connectivity index (χ1) is 4.66. The summed E-state index contributed by atoms with van der Waals surface area (Å²) in [4.78, 5) is 0. The van der Waals surface area contributed by atoms with E-state index in [1.54, 1.807) is 6.92 Å². The average Bonchev–Trinajstić information content (AvgIpc) is 1.87. The lowest BCUT2D eigenvalue weighted by atomic mass is 10.1. The summed E-state index contributed by atoms with van der Waals surface area (Å²) in [6.45, 7) is 7.90. The minimum atomic E-state index is -0.218. The van der Waals surface area contributed by atoms with Crippen LogP contribution >= 0.6 is 0 Å². The lowest BCUT2D eigenvalue weighted by molar-refractivity contribution is 0.189. The number of aliphatic hydroxyl groups is 1. The highest BCUT2D eigenvalue weighted by Gasteiger charge is 1.98. The van der Waals surface area contributed by atoms with Gasteiger partial charge >= 0.3 is 0 Å². The van der Waals surface area contributed by atoms with Gasteiger partial charge < -0.3 is 10.4 Å². The van der Waals surface area contributed by atoms with Gasteiger partial charge in [-0.25, -0.2) is 0 Å². The standard InChI is InChI=1S/C8H19NO/c1-4-7(2)5-9-6-8(3)10/h7-10H,4-6H2,1-3H3. The molecule has 0 spiro atoms. The summed E-state index contributed by atoms with van der Waals surface area (Å²) >= 11 is 0. The molecule has 0 radical (unpaired) electrons. The Morgan fingerprint density at radius 1 is 1.30 bits per heavy atom. The number of aliphatic hydroxyl groups excluding tert-OH is 1. The fourth-order valence-corrected chi connectivity index (χ4v) is 0.683. The van der Waals surface area contributed by atoms with E-state index in [-0.39, 0.29) is 6.10 Å². The van der Waals surface area contributed by atoms with Gasteiger partial charge in [0, 0.05) is 6.54 Å². The molecule has 0 bridgehead atoms. The van der Waals surface area contributed by atoms with Crippen LogP contribution in [0.1, 0.15) is 27.2 Å². The van der Waals surface area contributed by atoms with Crippen LogP contribution in [0.3, 0.4) is 0 Å². The maximum absolute atomic E-state index is 8.88. The van der Waals surface area contributed by atoms with Gasteiger partial charge in [0.25, 0.3) is 0 Å². The highest BCUT2D eigenvalue weighted by atomic mass is 16.3. The van der Waals surface area contributed by atoms with Crippen LogP contribution in [0.15, 0.2) is 0 Å². The van der Waals surface area contributed by atoms with Crippen molar-refractivity contribution in [1.82, 2.24) is 5.32 Å². The van der Waals surface area contributed by atoms with E-state index in [9.17, 15) is 0 Å². The summed E-state index contributed by atoms with van der Waals surface area (Å²) in [5.41, 5.74) is 0. The Kier molecular flexibility index (Phi) is 5.64. The lowest BCUT2D eigenvalue weighted by Crippen LogP contribution is -2.28. The number of rotatable bonds is 5. The quantitative estimate of drug-likeness (QED) is 0.605. The van der Waals surface area contributed by atoms with Crippen LogP contribution in [0, 0.1) is 5.92 Å². The van der Waals surface area contributed by atoms with Gasteiger partial charge in [0.05, 0.1) is 6.10 Å². The predicted octanol–water partition coefficient (Wildman–Crippen LogP) is 1.00. The maximum atomic E-state index is 8.88. The van der Waals surface area contributed by atoms with Crippen molar-refractivity contribution >= 4 is 0 Å². The van der Waals surface area contributed by atoms with E-state index in [4.69, 9.17) is 5.11 Å². The summed E-state index contributed by atoms with van der Waals surface area (Å²) in [6, 6.07) is 0. The minimum absolute atomic E-state index is 0.218. The third kappa shape index (κ3) is 6.05. The fourth-order valence-electron chi connectivity index (χ4n) is 0.683. The zero-order valence-electron chi connectivity index (χ0n) is 7.22. The van der Waals surface area contributed by atoms with Crippen molar-refractivity contribution < 1.29 is 5.11 Å². The molecule has 0 aliphatic rings. The van der Waals surface area contributed by atoms with Gasteiger partial charge in [-0.1, -0.05) is 20.3 Å². The first-order valence-corrected chi connectivity index (χ1v) is 4.05. The zero-order valence-corrected chi connectivity index (χ0v) is 7.22. The molecule has 2 nitrogen and oxygen atoms in total. The molecule has 0 saturated heterocycles. The predicted molar refractivity (Wildman–Crippen MR) is 44.0 cm³/mol. The van der Waals surface area contributed by atoms with Crippen molar-refractivity contribution in [2.24, 2.45) is 5.92 Å². The van der Waals surface area contributed by atoms with E-state index in [2.05, 4.69) is 19.2 Å². The van der Waals surface area contributed by atoms with E-state index in [1.165, 1.54) is 6.42 Å². The molecule has 0 fully saturated rings. The molecule has 0 amide bonds. The largest absolute Gasteiger partial charge is 0.392 e. The Morgan fingerprint density at radius 2 is 1.90 bits per heavy atom. The van der Waals surface area contributed by atoms with E-state index in [0.717, 1.165) is 12.5 Å². The van der Waals surface area contributed by atoms with Crippen LogP contribution in [-0.2, 0) is 0 Å². The topological polar surface area (TPSA) is 32.3 Å². The summed E-state index contributed by atoms with van der Waals surface area (Å²) in [5, 5.41) is 12.1. The second-order valence-electron chi connectivity index (χ2n) is 3.02. The van der Waals surface area contributed by atoms with Gasteiger partial charge in [0.15, 0.2) is 0 Å². The Morgan fingerprint density at radius 3 is 2.30 bits per heavy atom. The highest BCUT2D eigenvalue weighted by Crippen LogP contribution is 1.96. The first-order valence-electron chi connectivity index (χ1n) is 4.05. The molecule has 0 heterocycles. The molecule has 0 saturated carbocycles. The van der Waals surface area contributed by atoms with Crippen molar-refractivity contribution in [3.8, 4) is 0 Å². The monoisotopic (exact) mass is 145 g/mol. The smallest absolute Gasteiger partial charge is 0.0636 e. The average molecular weight is 145 g/mol. The van der Waals surface area contributed by atoms with Crippen molar-refractivity contribution in [1.29, 1.82) is 0 Å². The van der Waals surface area contributed by atoms with E-state index in [0.29, 0.717) is 6.54 Å². The fraction of sp³-hybridized carbons (Fsp3) is 1.00. The van der Waals surface area contributed by atoms with E-state index < -0.39 is 0 Å². The zero-order chi connectivity index (χ0) is 7.98. The summed E-state index contributed by atoms with van der Waals surface area (Å²) in [6.07, 6.45) is 0.983. The molecule has 0 rings (SSSR count). The Labute approximate surface area is 63.6 Å². The molecule has 0 aromatic carbocycles. The summed E-state index contributed by atoms with van der Waals surface area (Å²) in [7, 11) is 0. The van der Waals surface area contributed by atoms with Gasteiger partial charge in [0.1, 0.15) is 0 Å². The number of nitrogens with one attached hydrogen (secondary N) is 1. The van der Waals surface area contributed by atoms with Crippen LogP contribution in [-0.4, -0.2) is 24.3 Å². The molecular weight excluding hydrogens is 126 g/mol. The summed E-state index contributed by atoms with van der Waals surface area (Å²) in [5.74, 6) is 0.721. The molecule has 62 valence electrons. The van der Waals surface area contributed by atoms with E-state index >= 15 is 0 Å². The molecule has 0 aliphatic heterocycles. The Bertz CT molecular complexity index is 73.7. The van der Waals surface area contributed by atoms with Gasteiger partial charge in [-0.05, 0) is 19.4 Å². The van der Waals surface area contributed by atoms with Crippen molar-refractivity contribution in [2.45, 2.75) is 33.3 Å². The molecule has 10 heavy (non-hydrogen) atoms. The summed E-state index contributed by atoms with van der Waals surface area (Å²) < 4.78 is 0. The van der Waals surface area contributed by atoms with Crippen LogP contribution in [0.5, 0.6) is 0 Å². The van der Waals surface area contributed by atoms with Crippen LogP contribution in [0.2, 0.25) is 0 Å². The third-order valence-corrected chi connectivity index (χ3v) is 1.63. The van der Waals surface area contributed by atoms with Gasteiger partial charge in [-0.15, -0.1) is 0 Å². The Balaban J connectivity index is 3.03.